The molecule has 0 fully saturated rings. The lowest BCUT2D eigenvalue weighted by Gasteiger charge is -2.15. The maximum absolute atomic E-state index is 12.0. The molecule has 0 aliphatic heterocycles. The number of nitrogens with two attached hydrogens (primary N) is 1. The van der Waals surface area contributed by atoms with Crippen molar-refractivity contribution in [3.63, 3.8) is 0 Å². The summed E-state index contributed by atoms with van der Waals surface area (Å²) in [4.78, 5) is 22.2. The molecule has 0 aromatic heterocycles. The fraction of sp³-hybridized carbons (Fsp3) is 0.417. The summed E-state index contributed by atoms with van der Waals surface area (Å²) < 4.78 is 10.0. The number of hydrazine groups is 1. The van der Waals surface area contributed by atoms with Crippen LogP contribution in [0.25, 0.3) is 0 Å². The van der Waals surface area contributed by atoms with E-state index in [0.29, 0.717) is 6.61 Å². The summed E-state index contributed by atoms with van der Waals surface area (Å²) in [5.74, 6) is 4.83. The SMILES string of the molecule is COCC(CNC(=O)c1ccc([N+](=O)[O-])c(NN)c1)OC. The number of nitrogens with one attached hydrogen (secondary N) is 2. The van der Waals surface area contributed by atoms with Gasteiger partial charge in [-0.25, -0.2) is 0 Å². The summed E-state index contributed by atoms with van der Waals surface area (Å²) in [6, 6.07) is 3.88. The van der Waals surface area contributed by atoms with E-state index in [1.807, 2.05) is 0 Å². The summed E-state index contributed by atoms with van der Waals surface area (Å²) in [6.45, 7) is 0.595. The van der Waals surface area contributed by atoms with Crippen molar-refractivity contribution in [2.24, 2.45) is 5.84 Å². The predicted octanol–water partition coefficient (Wildman–Crippen LogP) is 0.272. The minimum absolute atomic E-state index is 0.0628. The summed E-state index contributed by atoms with van der Waals surface area (Å²) in [5.41, 5.74) is 2.31. The van der Waals surface area contributed by atoms with Gasteiger partial charge in [-0.15, -0.1) is 0 Å². The number of nitrogen functional groups attached to an aromatic ring is 1. The molecule has 1 amide bonds. The molecule has 1 unspecified atom stereocenters. The van der Waals surface area contributed by atoms with Crippen LogP contribution < -0.4 is 16.6 Å². The van der Waals surface area contributed by atoms with Gasteiger partial charge in [0, 0.05) is 32.4 Å². The average Bonchev–Trinajstić information content (AvgIpc) is 2.50. The van der Waals surface area contributed by atoms with Crippen molar-refractivity contribution in [3.8, 4) is 0 Å². The van der Waals surface area contributed by atoms with Crippen LogP contribution in [0.4, 0.5) is 11.4 Å². The van der Waals surface area contributed by atoms with E-state index < -0.39 is 4.92 Å². The molecule has 0 bridgehead atoms. The van der Waals surface area contributed by atoms with Gasteiger partial charge < -0.3 is 20.2 Å². The van der Waals surface area contributed by atoms with Gasteiger partial charge in [0.15, 0.2) is 0 Å². The van der Waals surface area contributed by atoms with E-state index in [-0.39, 0.29) is 35.5 Å². The molecular weight excluding hydrogens is 280 g/mol. The third kappa shape index (κ3) is 4.67. The number of nitro benzene ring substituents is 1. The second-order valence-corrected chi connectivity index (χ2v) is 4.16. The Balaban J connectivity index is 2.76. The third-order valence-corrected chi connectivity index (χ3v) is 2.79. The van der Waals surface area contributed by atoms with Crippen molar-refractivity contribution in [2.75, 3.05) is 32.8 Å². The average molecular weight is 298 g/mol. The van der Waals surface area contributed by atoms with E-state index in [4.69, 9.17) is 15.3 Å². The van der Waals surface area contributed by atoms with Gasteiger partial charge in [0.1, 0.15) is 5.69 Å². The zero-order valence-corrected chi connectivity index (χ0v) is 11.8. The van der Waals surface area contributed by atoms with Crippen molar-refractivity contribution >= 4 is 17.3 Å². The lowest BCUT2D eigenvalue weighted by Crippen LogP contribution is -2.35. The highest BCUT2D eigenvalue weighted by molar-refractivity contribution is 5.95. The smallest absolute Gasteiger partial charge is 0.293 e. The summed E-state index contributed by atoms with van der Waals surface area (Å²) in [7, 11) is 3.04. The predicted molar refractivity (Wildman–Crippen MR) is 75.9 cm³/mol. The molecule has 0 aliphatic carbocycles. The van der Waals surface area contributed by atoms with Crippen molar-refractivity contribution in [1.29, 1.82) is 0 Å². The highest BCUT2D eigenvalue weighted by atomic mass is 16.6. The molecule has 1 aromatic rings. The number of methoxy groups -OCH3 is 2. The van der Waals surface area contributed by atoms with Gasteiger partial charge >= 0.3 is 0 Å². The number of ether oxygens (including phenoxy) is 2. The highest BCUT2D eigenvalue weighted by Crippen LogP contribution is 2.24. The first-order chi connectivity index (χ1) is 10.0. The van der Waals surface area contributed by atoms with Gasteiger partial charge in [-0.2, -0.15) is 0 Å². The number of carbonyl (C=O) groups is 1. The van der Waals surface area contributed by atoms with Crippen molar-refractivity contribution < 1.29 is 19.2 Å². The number of amides is 1. The Morgan fingerprint density at radius 2 is 2.19 bits per heavy atom. The lowest BCUT2D eigenvalue weighted by molar-refractivity contribution is -0.384. The Morgan fingerprint density at radius 3 is 2.71 bits per heavy atom. The first kappa shape index (κ1) is 16.8. The molecule has 0 saturated carbocycles. The van der Waals surface area contributed by atoms with Crippen LogP contribution in [0.5, 0.6) is 0 Å². The number of rotatable bonds is 8. The minimum atomic E-state index is -0.587. The maximum Gasteiger partial charge on any atom is 0.293 e. The van der Waals surface area contributed by atoms with Crippen LogP contribution >= 0.6 is 0 Å². The van der Waals surface area contributed by atoms with Crippen LogP contribution in [-0.2, 0) is 9.47 Å². The quantitative estimate of drug-likeness (QED) is 0.357. The molecule has 9 nitrogen and oxygen atoms in total. The van der Waals surface area contributed by atoms with Gasteiger partial charge in [-0.05, 0) is 12.1 Å². The van der Waals surface area contributed by atoms with Crippen LogP contribution in [0.3, 0.4) is 0 Å². The van der Waals surface area contributed by atoms with E-state index in [1.165, 1.54) is 32.4 Å². The first-order valence-corrected chi connectivity index (χ1v) is 6.08. The number of hydrogen-bond acceptors (Lipinski definition) is 7. The summed E-state index contributed by atoms with van der Waals surface area (Å²) >= 11 is 0. The molecule has 21 heavy (non-hydrogen) atoms. The Labute approximate surface area is 121 Å². The van der Waals surface area contributed by atoms with Crippen molar-refractivity contribution in [3.05, 3.63) is 33.9 Å². The molecule has 4 N–H and O–H groups in total. The Morgan fingerprint density at radius 1 is 1.48 bits per heavy atom. The van der Waals surface area contributed by atoms with Crippen molar-refractivity contribution in [1.82, 2.24) is 5.32 Å². The number of nitrogens with zero attached hydrogens (tertiary/aromatic N) is 1. The lowest BCUT2D eigenvalue weighted by atomic mass is 10.1. The molecule has 1 rings (SSSR count). The normalized spacial score (nSPS) is 11.8. The number of carbonyl (C=O) groups excluding carboxylic acids is 1. The Kier molecular flexibility index (Phi) is 6.53. The first-order valence-electron chi connectivity index (χ1n) is 6.08. The van der Waals surface area contributed by atoms with Gasteiger partial charge in [0.2, 0.25) is 0 Å². The topological polar surface area (TPSA) is 129 Å². The molecule has 1 atom stereocenters. The Hall–Kier alpha value is -2.23. The molecule has 0 heterocycles. The third-order valence-electron chi connectivity index (χ3n) is 2.79. The van der Waals surface area contributed by atoms with Gasteiger partial charge in [-0.1, -0.05) is 0 Å². The molecule has 1 aromatic carbocycles. The highest BCUT2D eigenvalue weighted by Gasteiger charge is 2.17. The van der Waals surface area contributed by atoms with Gasteiger partial charge in [-0.3, -0.25) is 20.8 Å². The molecule has 9 heteroatoms. The number of benzene rings is 1. The second-order valence-electron chi connectivity index (χ2n) is 4.16. The van der Waals surface area contributed by atoms with E-state index in [2.05, 4.69) is 10.7 Å². The summed E-state index contributed by atoms with van der Waals surface area (Å²) in [5, 5.41) is 13.4. The molecule has 0 radical (unpaired) electrons. The summed E-state index contributed by atoms with van der Waals surface area (Å²) in [6.07, 6.45) is -0.274. The van der Waals surface area contributed by atoms with E-state index in [9.17, 15) is 14.9 Å². The molecule has 116 valence electrons. The van der Waals surface area contributed by atoms with Crippen LogP contribution in [0.1, 0.15) is 10.4 Å². The van der Waals surface area contributed by atoms with Crippen LogP contribution in [0.15, 0.2) is 18.2 Å². The maximum atomic E-state index is 12.0. The van der Waals surface area contributed by atoms with Gasteiger partial charge in [0.25, 0.3) is 11.6 Å². The van der Waals surface area contributed by atoms with E-state index >= 15 is 0 Å². The monoisotopic (exact) mass is 298 g/mol. The van der Waals surface area contributed by atoms with E-state index in [0.717, 1.165) is 0 Å². The fourth-order valence-corrected chi connectivity index (χ4v) is 1.66. The van der Waals surface area contributed by atoms with Crippen LogP contribution in [0.2, 0.25) is 0 Å². The molecule has 0 saturated heterocycles. The number of hydrogen-bond donors (Lipinski definition) is 3. The molecule has 0 spiro atoms. The largest absolute Gasteiger partial charge is 0.382 e. The zero-order chi connectivity index (χ0) is 15.8. The second kappa shape index (κ2) is 8.15. The molecule has 0 aliphatic rings. The van der Waals surface area contributed by atoms with E-state index in [1.54, 1.807) is 0 Å². The van der Waals surface area contributed by atoms with Crippen LogP contribution in [-0.4, -0.2) is 44.3 Å². The Bertz CT molecular complexity index is 508. The van der Waals surface area contributed by atoms with Crippen molar-refractivity contribution in [2.45, 2.75) is 6.10 Å². The molecular formula is C12H18N4O5. The van der Waals surface area contributed by atoms with Gasteiger partial charge in [0.05, 0.1) is 17.6 Å². The standard InChI is InChI=1S/C12H18N4O5/c1-20-7-9(21-2)6-14-12(17)8-3-4-11(16(18)19)10(5-8)15-13/h3-5,9,15H,6-7,13H2,1-2H3,(H,14,17). The number of anilines is 1. The zero-order valence-electron chi connectivity index (χ0n) is 11.8. The van der Waals surface area contributed by atoms with Crippen LogP contribution in [0, 0.1) is 10.1 Å². The number of nitro groups is 1. The minimum Gasteiger partial charge on any atom is -0.382 e. The fourth-order valence-electron chi connectivity index (χ4n) is 1.66.